The molecule has 1 atom stereocenters. The third-order valence-electron chi connectivity index (χ3n) is 2.93. The van der Waals surface area contributed by atoms with Crippen LogP contribution < -0.4 is 10.5 Å². The van der Waals surface area contributed by atoms with E-state index in [-0.39, 0.29) is 29.9 Å². The fourth-order valence-corrected chi connectivity index (χ4v) is 1.75. The van der Waals surface area contributed by atoms with Gasteiger partial charge in [-0.3, -0.25) is 0 Å². The molecule has 0 saturated carbocycles. The van der Waals surface area contributed by atoms with E-state index in [4.69, 9.17) is 15.2 Å². The fourth-order valence-electron chi connectivity index (χ4n) is 1.75. The minimum atomic E-state index is -0.652. The van der Waals surface area contributed by atoms with Gasteiger partial charge in [0.15, 0.2) is 0 Å². The van der Waals surface area contributed by atoms with Crippen LogP contribution in [0.1, 0.15) is 16.7 Å². The molecule has 0 saturated heterocycles. The number of ether oxygens (including phenoxy) is 2. The summed E-state index contributed by atoms with van der Waals surface area (Å²) >= 11 is 0. The van der Waals surface area contributed by atoms with E-state index in [1.165, 1.54) is 6.08 Å². The first-order chi connectivity index (χ1) is 7.99. The Bertz CT molecular complexity index is 485. The monoisotopic (exact) mass is 361 g/mol. The maximum atomic E-state index is 10.9. The zero-order valence-corrected chi connectivity index (χ0v) is 12.9. The lowest BCUT2D eigenvalue weighted by atomic mass is 10.0. The molecule has 0 aromatic heterocycles. The number of halogens is 1. The number of anilines is 1. The first-order valence-electron chi connectivity index (χ1n) is 5.41. The van der Waals surface area contributed by atoms with Gasteiger partial charge in [-0.25, -0.2) is 4.79 Å². The molecule has 1 aliphatic rings. The molecule has 18 heavy (non-hydrogen) atoms. The van der Waals surface area contributed by atoms with Crippen LogP contribution in [0.25, 0.3) is 0 Å². The molecule has 1 heterocycles. The van der Waals surface area contributed by atoms with Crippen molar-refractivity contribution >= 4 is 35.6 Å². The van der Waals surface area contributed by atoms with E-state index in [1.807, 2.05) is 26.8 Å². The summed E-state index contributed by atoms with van der Waals surface area (Å²) in [4.78, 5) is 10.9. The molecule has 1 aliphatic heterocycles. The van der Waals surface area contributed by atoms with Crippen molar-refractivity contribution in [2.75, 3.05) is 5.73 Å². The summed E-state index contributed by atoms with van der Waals surface area (Å²) in [6, 6.07) is 1.91. The Balaban J connectivity index is 0.00000162. The van der Waals surface area contributed by atoms with Crippen molar-refractivity contribution in [2.24, 2.45) is 0 Å². The third kappa shape index (κ3) is 2.77. The summed E-state index contributed by atoms with van der Waals surface area (Å²) in [6.07, 6.45) is 2.29. The van der Waals surface area contributed by atoms with E-state index < -0.39 is 6.29 Å². The van der Waals surface area contributed by atoms with Gasteiger partial charge in [-0.15, -0.1) is 24.0 Å². The normalized spacial score (nSPS) is 17.3. The van der Waals surface area contributed by atoms with E-state index in [1.54, 1.807) is 6.08 Å². The van der Waals surface area contributed by atoms with Crippen molar-refractivity contribution < 1.29 is 14.3 Å². The Hall–Kier alpha value is -1.24. The van der Waals surface area contributed by atoms with Crippen LogP contribution in [0.5, 0.6) is 5.75 Å². The number of carbonyl (C=O) groups excluding carboxylic acids is 1. The average molecular weight is 361 g/mol. The smallest absolute Gasteiger partial charge is 0.334 e. The van der Waals surface area contributed by atoms with E-state index in [9.17, 15) is 4.79 Å². The first-order valence-corrected chi connectivity index (χ1v) is 5.41. The van der Waals surface area contributed by atoms with Crippen LogP contribution in [0.4, 0.5) is 5.69 Å². The second-order valence-electron chi connectivity index (χ2n) is 4.14. The van der Waals surface area contributed by atoms with Crippen molar-refractivity contribution in [1.82, 2.24) is 0 Å². The number of nitrogen functional groups attached to an aromatic ring is 1. The summed E-state index contributed by atoms with van der Waals surface area (Å²) in [7, 11) is 0. The zero-order valence-electron chi connectivity index (χ0n) is 10.5. The summed E-state index contributed by atoms with van der Waals surface area (Å²) in [6.45, 7) is 5.81. The van der Waals surface area contributed by atoms with Crippen molar-refractivity contribution in [1.29, 1.82) is 0 Å². The summed E-state index contributed by atoms with van der Waals surface area (Å²) in [5, 5.41) is 0. The standard InChI is InChI=1S/C13H15NO3.HI/c1-7-6-10(14)9(3)13(8(7)2)17-12-5-4-11(15)16-12;/h4-6,12H,14H2,1-3H3;1H. The molecule has 0 aliphatic carbocycles. The summed E-state index contributed by atoms with van der Waals surface area (Å²) in [5.41, 5.74) is 9.49. The third-order valence-corrected chi connectivity index (χ3v) is 2.93. The largest absolute Gasteiger partial charge is 0.450 e. The highest BCUT2D eigenvalue weighted by atomic mass is 127. The van der Waals surface area contributed by atoms with Crippen molar-refractivity contribution in [3.05, 3.63) is 34.9 Å². The van der Waals surface area contributed by atoms with E-state index in [2.05, 4.69) is 0 Å². The number of aryl methyl sites for hydroxylation is 1. The van der Waals surface area contributed by atoms with Gasteiger partial charge in [0.25, 0.3) is 6.29 Å². The van der Waals surface area contributed by atoms with Gasteiger partial charge in [-0.1, -0.05) is 0 Å². The maximum Gasteiger partial charge on any atom is 0.334 e. The maximum absolute atomic E-state index is 10.9. The molecule has 0 spiro atoms. The molecule has 5 heteroatoms. The van der Waals surface area contributed by atoms with Gasteiger partial charge < -0.3 is 15.2 Å². The summed E-state index contributed by atoms with van der Waals surface area (Å²) < 4.78 is 10.6. The van der Waals surface area contributed by atoms with Crippen LogP contribution in [0.3, 0.4) is 0 Å². The quantitative estimate of drug-likeness (QED) is 0.500. The minimum absolute atomic E-state index is 0. The minimum Gasteiger partial charge on any atom is -0.450 e. The Morgan fingerprint density at radius 1 is 1.28 bits per heavy atom. The number of hydrogen-bond acceptors (Lipinski definition) is 4. The molecule has 1 aromatic carbocycles. The van der Waals surface area contributed by atoms with Gasteiger partial charge in [0, 0.05) is 23.4 Å². The second kappa shape index (κ2) is 5.60. The number of hydrogen-bond donors (Lipinski definition) is 1. The molecule has 98 valence electrons. The van der Waals surface area contributed by atoms with Crippen LogP contribution in [0, 0.1) is 20.8 Å². The molecular weight excluding hydrogens is 345 g/mol. The molecule has 1 aromatic rings. The molecule has 2 rings (SSSR count). The summed E-state index contributed by atoms with van der Waals surface area (Å²) in [5.74, 6) is 0.304. The highest BCUT2D eigenvalue weighted by Gasteiger charge is 2.20. The van der Waals surface area contributed by atoms with Gasteiger partial charge in [-0.05, 0) is 38.0 Å². The van der Waals surface area contributed by atoms with Gasteiger partial charge >= 0.3 is 5.97 Å². The van der Waals surface area contributed by atoms with Gasteiger partial charge in [0.1, 0.15) is 5.75 Å². The Labute approximate surface area is 123 Å². The lowest BCUT2D eigenvalue weighted by Gasteiger charge is -2.18. The van der Waals surface area contributed by atoms with Crippen LogP contribution in [-0.2, 0) is 9.53 Å². The lowest BCUT2D eigenvalue weighted by Crippen LogP contribution is -2.17. The SMILES string of the molecule is Cc1cc(N)c(C)c(OC2C=CC(=O)O2)c1C.I. The van der Waals surface area contributed by atoms with Crippen LogP contribution in [0.15, 0.2) is 18.2 Å². The van der Waals surface area contributed by atoms with Crippen molar-refractivity contribution in [3.8, 4) is 5.75 Å². The molecule has 2 N–H and O–H groups in total. The van der Waals surface area contributed by atoms with Crippen LogP contribution >= 0.6 is 24.0 Å². The second-order valence-corrected chi connectivity index (χ2v) is 4.14. The number of carbonyl (C=O) groups is 1. The predicted octanol–water partition coefficient (Wildman–Crippen LogP) is 2.63. The highest BCUT2D eigenvalue weighted by molar-refractivity contribution is 14.0. The van der Waals surface area contributed by atoms with E-state index in [0.29, 0.717) is 11.4 Å². The van der Waals surface area contributed by atoms with Crippen LogP contribution in [-0.4, -0.2) is 12.3 Å². The number of nitrogens with two attached hydrogens (primary N) is 1. The van der Waals surface area contributed by atoms with Gasteiger partial charge in [0.05, 0.1) is 0 Å². The fraction of sp³-hybridized carbons (Fsp3) is 0.308. The first kappa shape index (κ1) is 14.8. The number of benzene rings is 1. The Morgan fingerprint density at radius 3 is 2.50 bits per heavy atom. The Morgan fingerprint density at radius 2 is 1.94 bits per heavy atom. The molecule has 0 radical (unpaired) electrons. The predicted molar refractivity (Wildman–Crippen MR) is 80.1 cm³/mol. The number of cyclic esters (lactones) is 1. The topological polar surface area (TPSA) is 61.5 Å². The van der Waals surface area contributed by atoms with Crippen molar-refractivity contribution in [2.45, 2.75) is 27.1 Å². The van der Waals surface area contributed by atoms with E-state index in [0.717, 1.165) is 16.7 Å². The molecule has 1 unspecified atom stereocenters. The molecule has 4 nitrogen and oxygen atoms in total. The number of rotatable bonds is 2. The van der Waals surface area contributed by atoms with Gasteiger partial charge in [0.2, 0.25) is 0 Å². The lowest BCUT2D eigenvalue weighted by molar-refractivity contribution is -0.147. The number of esters is 1. The average Bonchev–Trinajstić information content (AvgIpc) is 2.68. The van der Waals surface area contributed by atoms with Crippen LogP contribution in [0.2, 0.25) is 0 Å². The van der Waals surface area contributed by atoms with Crippen molar-refractivity contribution in [3.63, 3.8) is 0 Å². The van der Waals surface area contributed by atoms with E-state index >= 15 is 0 Å². The molecule has 0 bridgehead atoms. The molecular formula is C13H16INO3. The van der Waals surface area contributed by atoms with Gasteiger partial charge in [-0.2, -0.15) is 0 Å². The molecule has 0 amide bonds. The molecule has 0 fully saturated rings. The highest BCUT2D eigenvalue weighted by Crippen LogP contribution is 2.32. The Kier molecular flexibility index (Phi) is 4.61. The zero-order chi connectivity index (χ0) is 12.6.